The quantitative estimate of drug-likeness (QED) is 0.694. The lowest BCUT2D eigenvalue weighted by Crippen LogP contribution is -2.45. The van der Waals surface area contributed by atoms with Crippen molar-refractivity contribution in [3.63, 3.8) is 0 Å². The lowest BCUT2D eigenvalue weighted by atomic mass is 10.0. The van der Waals surface area contributed by atoms with Gasteiger partial charge in [0.2, 0.25) is 0 Å². The molecule has 0 fully saturated rings. The van der Waals surface area contributed by atoms with Crippen molar-refractivity contribution in [1.29, 1.82) is 0 Å². The molecule has 6 heteroatoms. The van der Waals surface area contributed by atoms with E-state index in [-0.39, 0.29) is 17.6 Å². The van der Waals surface area contributed by atoms with E-state index < -0.39 is 6.43 Å². The van der Waals surface area contributed by atoms with Gasteiger partial charge in [-0.05, 0) is 37.6 Å². The number of anilines is 1. The first-order valence-electron chi connectivity index (χ1n) is 8.54. The minimum Gasteiger partial charge on any atom is -0.336 e. The third-order valence-electron chi connectivity index (χ3n) is 3.97. The molecule has 2 amide bonds. The highest BCUT2D eigenvalue weighted by Crippen LogP contribution is 2.21. The van der Waals surface area contributed by atoms with Crippen LogP contribution in [0.2, 0.25) is 0 Å². The molecule has 1 atom stereocenters. The molecule has 0 aromatic heterocycles. The summed E-state index contributed by atoms with van der Waals surface area (Å²) in [4.78, 5) is 14.4. The summed E-state index contributed by atoms with van der Waals surface area (Å²) in [5.74, 6) is 0.531. The third-order valence-corrected chi connectivity index (χ3v) is 3.97. The maximum Gasteiger partial charge on any atom is 0.319 e. The number of carbonyl (C=O) groups is 1. The minimum absolute atomic E-state index is 0.103. The first kappa shape index (κ1) is 20.4. The van der Waals surface area contributed by atoms with Crippen LogP contribution in [0.25, 0.3) is 0 Å². The number of nitrogens with zero attached hydrogens (tertiary/aromatic N) is 1. The van der Waals surface area contributed by atoms with E-state index >= 15 is 0 Å². The molecular weight excluding hydrogens is 312 g/mol. The van der Waals surface area contributed by atoms with E-state index in [1.54, 1.807) is 6.07 Å². The summed E-state index contributed by atoms with van der Waals surface area (Å²) in [6.07, 6.45) is -1.56. The van der Waals surface area contributed by atoms with Crippen molar-refractivity contribution in [2.45, 2.75) is 46.6 Å². The standard InChI is InChI=1S/C18H29F2N3O/c1-5-23(6-2)16(10-13(3)4)12-21-18(24)22-15-9-7-8-14(11-15)17(19)20/h7-9,11,13,16-17H,5-6,10,12H2,1-4H3,(H2,21,22,24). The van der Waals surface area contributed by atoms with Crippen LogP contribution in [0.1, 0.15) is 46.1 Å². The number of alkyl halides is 2. The summed E-state index contributed by atoms with van der Waals surface area (Å²) in [7, 11) is 0. The van der Waals surface area contributed by atoms with E-state index in [1.807, 2.05) is 0 Å². The molecule has 0 aliphatic carbocycles. The molecule has 1 aromatic carbocycles. The second-order valence-corrected chi connectivity index (χ2v) is 6.27. The molecule has 0 saturated heterocycles. The Bertz CT molecular complexity index is 505. The van der Waals surface area contributed by atoms with Gasteiger partial charge in [-0.15, -0.1) is 0 Å². The fourth-order valence-electron chi connectivity index (χ4n) is 2.78. The molecule has 136 valence electrons. The van der Waals surface area contributed by atoms with Crippen LogP contribution in [0, 0.1) is 5.92 Å². The summed E-state index contributed by atoms with van der Waals surface area (Å²) in [6.45, 7) is 10.9. The monoisotopic (exact) mass is 341 g/mol. The topological polar surface area (TPSA) is 44.4 Å². The first-order chi connectivity index (χ1) is 11.4. The van der Waals surface area contributed by atoms with E-state index in [1.165, 1.54) is 18.2 Å². The Morgan fingerprint density at radius 1 is 1.21 bits per heavy atom. The summed E-state index contributed by atoms with van der Waals surface area (Å²) in [5.41, 5.74) is 0.266. The van der Waals surface area contributed by atoms with E-state index in [9.17, 15) is 13.6 Å². The van der Waals surface area contributed by atoms with Crippen molar-refractivity contribution in [1.82, 2.24) is 10.2 Å². The van der Waals surface area contributed by atoms with Crippen LogP contribution in [0.5, 0.6) is 0 Å². The van der Waals surface area contributed by atoms with Gasteiger partial charge in [0.1, 0.15) is 0 Å². The van der Waals surface area contributed by atoms with Crippen LogP contribution < -0.4 is 10.6 Å². The smallest absolute Gasteiger partial charge is 0.319 e. The van der Waals surface area contributed by atoms with E-state index in [4.69, 9.17) is 0 Å². The predicted octanol–water partition coefficient (Wildman–Crippen LogP) is 4.50. The van der Waals surface area contributed by atoms with E-state index in [2.05, 4.69) is 43.2 Å². The number of amides is 2. The number of hydrogen-bond acceptors (Lipinski definition) is 2. The maximum absolute atomic E-state index is 12.7. The average molecular weight is 341 g/mol. The summed E-state index contributed by atoms with van der Waals surface area (Å²) < 4.78 is 25.4. The van der Waals surface area contributed by atoms with Crippen LogP contribution in [-0.4, -0.2) is 36.6 Å². The first-order valence-corrected chi connectivity index (χ1v) is 8.54. The molecular formula is C18H29F2N3O. The predicted molar refractivity (Wildman–Crippen MR) is 94.6 cm³/mol. The number of benzene rings is 1. The van der Waals surface area contributed by atoms with Crippen LogP contribution >= 0.6 is 0 Å². The molecule has 0 bridgehead atoms. The molecule has 0 aliphatic rings. The van der Waals surface area contributed by atoms with Gasteiger partial charge in [0.25, 0.3) is 6.43 Å². The van der Waals surface area contributed by atoms with Crippen molar-refractivity contribution in [2.24, 2.45) is 5.92 Å². The zero-order valence-electron chi connectivity index (χ0n) is 15.0. The normalized spacial score (nSPS) is 12.7. The highest BCUT2D eigenvalue weighted by molar-refractivity contribution is 5.89. The van der Waals surface area contributed by atoms with Crippen LogP contribution in [0.3, 0.4) is 0 Å². The second-order valence-electron chi connectivity index (χ2n) is 6.27. The van der Waals surface area contributed by atoms with E-state index in [0.717, 1.165) is 19.5 Å². The summed E-state index contributed by atoms with van der Waals surface area (Å²) >= 11 is 0. The van der Waals surface area contributed by atoms with Crippen LogP contribution in [0.15, 0.2) is 24.3 Å². The molecule has 1 unspecified atom stereocenters. The summed E-state index contributed by atoms with van der Waals surface area (Å²) in [5, 5.41) is 5.47. The van der Waals surface area contributed by atoms with Crippen molar-refractivity contribution < 1.29 is 13.6 Å². The molecule has 0 spiro atoms. The molecule has 0 aliphatic heterocycles. The largest absolute Gasteiger partial charge is 0.336 e. The van der Waals surface area contributed by atoms with Crippen molar-refractivity contribution >= 4 is 11.7 Å². The van der Waals surface area contributed by atoms with Crippen LogP contribution in [-0.2, 0) is 0 Å². The Balaban J connectivity index is 2.60. The number of nitrogens with one attached hydrogen (secondary N) is 2. The molecule has 24 heavy (non-hydrogen) atoms. The number of halogens is 2. The Kier molecular flexibility index (Phi) is 8.68. The SMILES string of the molecule is CCN(CC)C(CNC(=O)Nc1cccc(C(F)F)c1)CC(C)C. The van der Waals surface area contributed by atoms with E-state index in [0.29, 0.717) is 18.2 Å². The van der Waals surface area contributed by atoms with Gasteiger partial charge in [-0.2, -0.15) is 0 Å². The summed E-state index contributed by atoms with van der Waals surface area (Å²) in [6, 6.07) is 5.63. The number of likely N-dealkylation sites (N-methyl/N-ethyl adjacent to an activating group) is 1. The molecule has 2 N–H and O–H groups in total. The fraction of sp³-hybridized carbons (Fsp3) is 0.611. The fourth-order valence-corrected chi connectivity index (χ4v) is 2.78. The minimum atomic E-state index is -2.55. The van der Waals surface area contributed by atoms with Gasteiger partial charge < -0.3 is 10.6 Å². The van der Waals surface area contributed by atoms with Gasteiger partial charge in [0.15, 0.2) is 0 Å². The zero-order valence-corrected chi connectivity index (χ0v) is 15.0. The Hall–Kier alpha value is -1.69. The van der Waals surface area contributed by atoms with Gasteiger partial charge in [0, 0.05) is 23.8 Å². The van der Waals surface area contributed by atoms with Gasteiger partial charge in [-0.1, -0.05) is 39.8 Å². The number of urea groups is 1. The second kappa shape index (κ2) is 10.2. The van der Waals surface area contributed by atoms with Crippen molar-refractivity contribution in [3.05, 3.63) is 29.8 Å². The lowest BCUT2D eigenvalue weighted by Gasteiger charge is -2.31. The number of rotatable bonds is 9. The highest BCUT2D eigenvalue weighted by Gasteiger charge is 2.18. The molecule has 0 radical (unpaired) electrons. The van der Waals surface area contributed by atoms with Crippen molar-refractivity contribution in [3.8, 4) is 0 Å². The van der Waals surface area contributed by atoms with Gasteiger partial charge in [-0.3, -0.25) is 4.90 Å². The number of carbonyl (C=O) groups excluding carboxylic acids is 1. The molecule has 1 aromatic rings. The number of hydrogen-bond donors (Lipinski definition) is 2. The van der Waals surface area contributed by atoms with Gasteiger partial charge in [-0.25, -0.2) is 13.6 Å². The maximum atomic E-state index is 12.7. The van der Waals surface area contributed by atoms with Crippen molar-refractivity contribution in [2.75, 3.05) is 25.0 Å². The lowest BCUT2D eigenvalue weighted by molar-refractivity contribution is 0.151. The third kappa shape index (κ3) is 6.83. The Morgan fingerprint density at radius 2 is 1.88 bits per heavy atom. The molecule has 0 heterocycles. The molecule has 0 saturated carbocycles. The molecule has 4 nitrogen and oxygen atoms in total. The average Bonchev–Trinajstić information content (AvgIpc) is 2.53. The molecule has 1 rings (SSSR count). The van der Waals surface area contributed by atoms with Crippen LogP contribution in [0.4, 0.5) is 19.3 Å². The highest BCUT2D eigenvalue weighted by atomic mass is 19.3. The Morgan fingerprint density at radius 3 is 2.42 bits per heavy atom. The van der Waals surface area contributed by atoms with Gasteiger partial charge in [0.05, 0.1) is 0 Å². The Labute approximate surface area is 143 Å². The zero-order chi connectivity index (χ0) is 18.1. The van der Waals surface area contributed by atoms with Gasteiger partial charge >= 0.3 is 6.03 Å².